The van der Waals surface area contributed by atoms with Gasteiger partial charge in [0.15, 0.2) is 0 Å². The van der Waals surface area contributed by atoms with Gasteiger partial charge in [-0.2, -0.15) is 5.26 Å². The fourth-order valence-corrected chi connectivity index (χ4v) is 2.28. The summed E-state index contributed by atoms with van der Waals surface area (Å²) in [4.78, 5) is 25.6. The quantitative estimate of drug-likeness (QED) is 0.489. The summed E-state index contributed by atoms with van der Waals surface area (Å²) in [6.45, 7) is 5.20. The molecule has 1 aromatic rings. The van der Waals surface area contributed by atoms with E-state index in [1.807, 2.05) is 6.07 Å². The van der Waals surface area contributed by atoms with Crippen molar-refractivity contribution >= 4 is 29.5 Å². The Morgan fingerprint density at radius 3 is 2.45 bits per heavy atom. The van der Waals surface area contributed by atoms with Gasteiger partial charge < -0.3 is 0 Å². The van der Waals surface area contributed by atoms with E-state index in [1.165, 1.54) is 6.08 Å². The Morgan fingerprint density at radius 2 is 1.91 bits per heavy atom. The van der Waals surface area contributed by atoms with Crippen molar-refractivity contribution in [3.05, 3.63) is 64.2 Å². The second-order valence-corrected chi connectivity index (χ2v) is 5.17. The van der Waals surface area contributed by atoms with Gasteiger partial charge in [0.05, 0.1) is 0 Å². The lowest BCUT2D eigenvalue weighted by atomic mass is 9.93. The van der Waals surface area contributed by atoms with E-state index in [4.69, 9.17) is 11.6 Å². The van der Waals surface area contributed by atoms with E-state index in [1.54, 1.807) is 37.3 Å². The molecule has 22 heavy (non-hydrogen) atoms. The van der Waals surface area contributed by atoms with Crippen LogP contribution in [0, 0.1) is 11.3 Å². The average Bonchev–Trinajstić information content (AvgIpc) is 2.50. The molecule has 0 bridgehead atoms. The van der Waals surface area contributed by atoms with Crippen LogP contribution in [0.15, 0.2) is 53.6 Å². The first-order valence-corrected chi connectivity index (χ1v) is 6.93. The minimum Gasteiger partial charge on any atom is -0.270 e. The first kappa shape index (κ1) is 15.7. The lowest BCUT2D eigenvalue weighted by Gasteiger charge is -2.26. The Balaban J connectivity index is 2.57. The topological polar surface area (TPSA) is 61.2 Å². The smallest absolute Gasteiger partial charge is 0.270 e. The summed E-state index contributed by atoms with van der Waals surface area (Å²) in [5.41, 5.74) is 1.44. The molecule has 1 aliphatic heterocycles. The third-order valence-electron chi connectivity index (χ3n) is 3.32. The van der Waals surface area contributed by atoms with Gasteiger partial charge in [-0.25, -0.2) is 0 Å². The third-order valence-corrected chi connectivity index (χ3v) is 3.57. The first-order valence-electron chi connectivity index (χ1n) is 6.55. The van der Waals surface area contributed by atoms with E-state index in [-0.39, 0.29) is 12.1 Å². The van der Waals surface area contributed by atoms with Gasteiger partial charge in [0.2, 0.25) is 0 Å². The number of amides is 2. The van der Waals surface area contributed by atoms with Crippen molar-refractivity contribution in [3.8, 4) is 6.07 Å². The Hall–Kier alpha value is -2.64. The van der Waals surface area contributed by atoms with Gasteiger partial charge in [-0.3, -0.25) is 14.5 Å². The van der Waals surface area contributed by atoms with Crippen molar-refractivity contribution in [2.24, 2.45) is 0 Å². The molecule has 1 aromatic carbocycles. The van der Waals surface area contributed by atoms with Crippen molar-refractivity contribution in [1.82, 2.24) is 4.90 Å². The molecule has 0 saturated carbocycles. The number of hydrogen-bond donors (Lipinski definition) is 0. The molecule has 110 valence electrons. The number of nitriles is 1. The van der Waals surface area contributed by atoms with Crippen LogP contribution in [0.1, 0.15) is 12.5 Å². The van der Waals surface area contributed by atoms with Gasteiger partial charge in [-0.15, -0.1) is 6.58 Å². The highest BCUT2D eigenvalue weighted by Crippen LogP contribution is 2.27. The summed E-state index contributed by atoms with van der Waals surface area (Å²) in [5, 5.41) is 9.78. The van der Waals surface area contributed by atoms with E-state index in [9.17, 15) is 14.9 Å². The van der Waals surface area contributed by atoms with E-state index < -0.39 is 11.8 Å². The number of rotatable bonds is 3. The van der Waals surface area contributed by atoms with Crippen LogP contribution in [0.25, 0.3) is 6.08 Å². The second kappa shape index (κ2) is 6.42. The van der Waals surface area contributed by atoms with Crippen molar-refractivity contribution in [1.29, 1.82) is 5.26 Å². The minimum atomic E-state index is -0.585. The monoisotopic (exact) mass is 312 g/mol. The summed E-state index contributed by atoms with van der Waals surface area (Å²) < 4.78 is 0. The number of imide groups is 1. The van der Waals surface area contributed by atoms with Crippen LogP contribution in [-0.2, 0) is 9.59 Å². The molecule has 5 heteroatoms. The molecule has 0 radical (unpaired) electrons. The summed E-state index contributed by atoms with van der Waals surface area (Å²) in [6, 6.07) is 8.81. The number of nitrogens with zero attached hydrogens (tertiary/aromatic N) is 2. The fraction of sp³-hybridized carbons (Fsp3) is 0.118. The molecule has 1 heterocycles. The van der Waals surface area contributed by atoms with Gasteiger partial charge in [0.1, 0.15) is 11.6 Å². The molecule has 2 amide bonds. The maximum absolute atomic E-state index is 12.5. The maximum atomic E-state index is 12.5. The second-order valence-electron chi connectivity index (χ2n) is 4.73. The van der Waals surface area contributed by atoms with Crippen molar-refractivity contribution in [2.75, 3.05) is 6.54 Å². The van der Waals surface area contributed by atoms with E-state index >= 15 is 0 Å². The Kier molecular flexibility index (Phi) is 4.59. The van der Waals surface area contributed by atoms with Gasteiger partial charge in [-0.05, 0) is 36.3 Å². The largest absolute Gasteiger partial charge is 0.271 e. The fourth-order valence-electron chi connectivity index (χ4n) is 2.15. The summed E-state index contributed by atoms with van der Waals surface area (Å²) in [5.74, 6) is -1.02. The number of halogens is 1. The molecular weight excluding hydrogens is 300 g/mol. The molecular formula is C17H13ClN2O2. The van der Waals surface area contributed by atoms with Crippen LogP contribution >= 0.6 is 11.6 Å². The Labute approximate surface area is 133 Å². The summed E-state index contributed by atoms with van der Waals surface area (Å²) in [6.07, 6.45) is 3.10. The Bertz CT molecular complexity index is 752. The van der Waals surface area contributed by atoms with Crippen molar-refractivity contribution in [2.45, 2.75) is 6.92 Å². The number of benzene rings is 1. The lowest BCUT2D eigenvalue weighted by molar-refractivity contribution is -0.139. The molecule has 0 fully saturated rings. The summed E-state index contributed by atoms with van der Waals surface area (Å²) in [7, 11) is 0. The molecule has 0 unspecified atom stereocenters. The standard InChI is InChI=1S/C17H13ClN2O2/c1-3-8-20-16(21)14(11(2)15(10-19)17(20)22)9-12-4-6-13(18)7-5-12/h3-7,9H,1,8H2,2H3/b14-9+. The molecule has 1 aliphatic rings. The van der Waals surface area contributed by atoms with E-state index in [0.29, 0.717) is 16.2 Å². The van der Waals surface area contributed by atoms with Gasteiger partial charge in [0.25, 0.3) is 11.8 Å². The predicted octanol–water partition coefficient (Wildman–Crippen LogP) is 3.12. The Morgan fingerprint density at radius 1 is 1.27 bits per heavy atom. The number of carbonyl (C=O) groups is 2. The van der Waals surface area contributed by atoms with Crippen molar-refractivity contribution in [3.63, 3.8) is 0 Å². The number of hydrogen-bond acceptors (Lipinski definition) is 3. The zero-order chi connectivity index (χ0) is 16.3. The normalized spacial score (nSPS) is 17.0. The van der Waals surface area contributed by atoms with Crippen LogP contribution in [-0.4, -0.2) is 23.3 Å². The molecule has 0 aromatic heterocycles. The van der Waals surface area contributed by atoms with E-state index in [2.05, 4.69) is 6.58 Å². The van der Waals surface area contributed by atoms with Crippen molar-refractivity contribution < 1.29 is 9.59 Å². The molecule has 2 rings (SSSR count). The summed E-state index contributed by atoms with van der Waals surface area (Å²) >= 11 is 5.84. The lowest BCUT2D eigenvalue weighted by Crippen LogP contribution is -2.42. The molecule has 0 aliphatic carbocycles. The van der Waals surface area contributed by atoms with Crippen LogP contribution in [0.5, 0.6) is 0 Å². The zero-order valence-corrected chi connectivity index (χ0v) is 12.7. The third kappa shape index (κ3) is 2.85. The highest BCUT2D eigenvalue weighted by atomic mass is 35.5. The minimum absolute atomic E-state index is 0.0262. The van der Waals surface area contributed by atoms with Crippen LogP contribution in [0.3, 0.4) is 0 Å². The van der Waals surface area contributed by atoms with Gasteiger partial charge in [0, 0.05) is 17.1 Å². The zero-order valence-electron chi connectivity index (χ0n) is 12.0. The van der Waals surface area contributed by atoms with Gasteiger partial charge >= 0.3 is 0 Å². The predicted molar refractivity (Wildman–Crippen MR) is 84.7 cm³/mol. The highest BCUT2D eigenvalue weighted by Gasteiger charge is 2.34. The molecule has 0 spiro atoms. The maximum Gasteiger partial charge on any atom is 0.271 e. The van der Waals surface area contributed by atoms with Gasteiger partial charge in [-0.1, -0.05) is 29.8 Å². The van der Waals surface area contributed by atoms with Crippen LogP contribution < -0.4 is 0 Å². The average molecular weight is 313 g/mol. The highest BCUT2D eigenvalue weighted by molar-refractivity contribution is 6.30. The molecule has 0 atom stereocenters. The number of carbonyl (C=O) groups excluding carboxylic acids is 2. The van der Waals surface area contributed by atoms with Crippen LogP contribution in [0.4, 0.5) is 0 Å². The first-order chi connectivity index (χ1) is 10.5. The van der Waals surface area contributed by atoms with E-state index in [0.717, 1.165) is 10.5 Å². The molecule has 4 nitrogen and oxygen atoms in total. The van der Waals surface area contributed by atoms with Crippen LogP contribution in [0.2, 0.25) is 5.02 Å². The SMILES string of the molecule is C=CCN1C(=O)C(C#N)=C(C)/C(=C\c2ccc(Cl)cc2)C1=O. The molecule has 0 N–H and O–H groups in total. The molecule has 0 saturated heterocycles.